The van der Waals surface area contributed by atoms with E-state index in [1.807, 2.05) is 4.90 Å². The minimum atomic E-state index is -4.63. The van der Waals surface area contributed by atoms with Gasteiger partial charge in [-0.05, 0) is 37.1 Å². The summed E-state index contributed by atoms with van der Waals surface area (Å²) in [5.74, 6) is -0.907. The van der Waals surface area contributed by atoms with Crippen LogP contribution in [0.2, 0.25) is 0 Å². The van der Waals surface area contributed by atoms with E-state index in [0.717, 1.165) is 6.07 Å². The lowest BCUT2D eigenvalue weighted by molar-refractivity contribution is -0.137. The third-order valence-electron chi connectivity index (χ3n) is 6.81. The summed E-state index contributed by atoms with van der Waals surface area (Å²) in [6.45, 7) is 1.41. The average molecular weight is 472 g/mol. The molecule has 8 nitrogen and oxygen atoms in total. The number of alkyl halides is 3. The fourth-order valence-corrected chi connectivity index (χ4v) is 4.99. The Morgan fingerprint density at radius 3 is 2.47 bits per heavy atom. The normalized spacial score (nSPS) is 19.7. The lowest BCUT2D eigenvalue weighted by atomic mass is 9.70. The number of aromatic nitrogens is 2. The summed E-state index contributed by atoms with van der Waals surface area (Å²) >= 11 is 0. The smallest absolute Gasteiger partial charge is 0.371 e. The molecule has 2 aromatic rings. The summed E-state index contributed by atoms with van der Waals surface area (Å²) in [6.07, 6.45) is -0.632. The standard InChI is InChI=1S/C23H23F3N6O2/c1-28-20(33)18-13-32(21(34)19-29-7-2-8-30-19)14-22(18)5-9-31(10-6-22)16-4-3-15(12-27)17(11-16)23(24,25)26/h2-4,7-8,11,18H,5-6,9-10,13-14H2,1H3,(H,28,33). The maximum atomic E-state index is 13.4. The summed E-state index contributed by atoms with van der Waals surface area (Å²) in [6, 6.07) is 6.91. The number of anilines is 1. The van der Waals surface area contributed by atoms with Crippen LogP contribution in [-0.2, 0) is 11.0 Å². The van der Waals surface area contributed by atoms with Gasteiger partial charge in [-0.2, -0.15) is 18.4 Å². The van der Waals surface area contributed by atoms with E-state index in [0.29, 0.717) is 38.2 Å². The minimum absolute atomic E-state index is 0.0601. The number of carbonyl (C=O) groups is 2. The summed E-state index contributed by atoms with van der Waals surface area (Å²) < 4.78 is 40.2. The molecule has 0 bridgehead atoms. The van der Waals surface area contributed by atoms with Crippen LogP contribution in [0, 0.1) is 22.7 Å². The van der Waals surface area contributed by atoms with E-state index in [1.54, 1.807) is 24.1 Å². The van der Waals surface area contributed by atoms with E-state index in [1.165, 1.54) is 24.5 Å². The lowest BCUT2D eigenvalue weighted by Crippen LogP contribution is -2.48. The van der Waals surface area contributed by atoms with Crippen molar-refractivity contribution in [2.75, 3.05) is 38.1 Å². The third-order valence-corrected chi connectivity index (χ3v) is 6.81. The highest BCUT2D eigenvalue weighted by Gasteiger charge is 2.52. The first kappa shape index (κ1) is 23.5. The number of nitrogens with zero attached hydrogens (tertiary/aromatic N) is 5. The van der Waals surface area contributed by atoms with Crippen molar-refractivity contribution in [3.8, 4) is 6.07 Å². The molecule has 1 N–H and O–H groups in total. The zero-order valence-electron chi connectivity index (χ0n) is 18.5. The van der Waals surface area contributed by atoms with Crippen LogP contribution in [0.15, 0.2) is 36.7 Å². The first-order valence-electron chi connectivity index (χ1n) is 10.8. The van der Waals surface area contributed by atoms with Crippen molar-refractivity contribution in [1.29, 1.82) is 5.26 Å². The number of hydrogen-bond donors (Lipinski definition) is 1. The second-order valence-corrected chi connectivity index (χ2v) is 8.61. The summed E-state index contributed by atoms with van der Waals surface area (Å²) in [5.41, 5.74) is -1.50. The average Bonchev–Trinajstić information content (AvgIpc) is 3.21. The molecule has 2 aliphatic heterocycles. The fourth-order valence-electron chi connectivity index (χ4n) is 4.99. The van der Waals surface area contributed by atoms with Gasteiger partial charge in [0.2, 0.25) is 11.7 Å². The number of rotatable bonds is 3. The van der Waals surface area contributed by atoms with Crippen LogP contribution >= 0.6 is 0 Å². The fraction of sp³-hybridized carbons (Fsp3) is 0.435. The molecule has 3 heterocycles. The first-order valence-corrected chi connectivity index (χ1v) is 10.8. The van der Waals surface area contributed by atoms with Crippen molar-refractivity contribution >= 4 is 17.5 Å². The van der Waals surface area contributed by atoms with Gasteiger partial charge in [-0.3, -0.25) is 9.59 Å². The Bertz CT molecular complexity index is 1120. The summed E-state index contributed by atoms with van der Waals surface area (Å²) in [7, 11) is 1.55. The van der Waals surface area contributed by atoms with E-state index >= 15 is 0 Å². The topological polar surface area (TPSA) is 102 Å². The molecule has 1 spiro atoms. The zero-order chi connectivity index (χ0) is 24.5. The zero-order valence-corrected chi connectivity index (χ0v) is 18.5. The molecule has 34 heavy (non-hydrogen) atoms. The summed E-state index contributed by atoms with van der Waals surface area (Å²) in [5, 5.41) is 11.7. The second kappa shape index (κ2) is 8.93. The molecular formula is C23H23F3N6O2. The van der Waals surface area contributed by atoms with Gasteiger partial charge in [0, 0.05) is 56.7 Å². The van der Waals surface area contributed by atoms with Gasteiger partial charge in [-0.25, -0.2) is 9.97 Å². The third kappa shape index (κ3) is 4.27. The van der Waals surface area contributed by atoms with Crippen LogP contribution in [0.4, 0.5) is 18.9 Å². The molecule has 1 atom stereocenters. The molecule has 0 aliphatic carbocycles. The molecule has 11 heteroatoms. The van der Waals surface area contributed by atoms with E-state index < -0.39 is 28.6 Å². The van der Waals surface area contributed by atoms with Gasteiger partial charge in [0.1, 0.15) is 0 Å². The molecule has 2 amide bonds. The van der Waals surface area contributed by atoms with Gasteiger partial charge in [0.15, 0.2) is 0 Å². The maximum Gasteiger partial charge on any atom is 0.417 e. The minimum Gasteiger partial charge on any atom is -0.371 e. The van der Waals surface area contributed by atoms with Crippen molar-refractivity contribution in [2.45, 2.75) is 19.0 Å². The number of carbonyl (C=O) groups excluding carboxylic acids is 2. The quantitative estimate of drug-likeness (QED) is 0.737. The Kier molecular flexibility index (Phi) is 6.17. The molecule has 1 aromatic carbocycles. The number of nitriles is 1. The number of piperidine rings is 1. The van der Waals surface area contributed by atoms with E-state index in [9.17, 15) is 22.8 Å². The number of amides is 2. The Morgan fingerprint density at radius 1 is 1.21 bits per heavy atom. The molecule has 4 rings (SSSR count). The molecule has 1 aromatic heterocycles. The Hall–Kier alpha value is -3.68. The molecule has 1 unspecified atom stereocenters. The van der Waals surface area contributed by atoms with Crippen molar-refractivity contribution < 1.29 is 22.8 Å². The van der Waals surface area contributed by atoms with Crippen LogP contribution in [-0.4, -0.2) is 59.9 Å². The second-order valence-electron chi connectivity index (χ2n) is 8.61. The highest BCUT2D eigenvalue weighted by atomic mass is 19.4. The van der Waals surface area contributed by atoms with Crippen molar-refractivity contribution in [3.63, 3.8) is 0 Å². The van der Waals surface area contributed by atoms with Gasteiger partial charge >= 0.3 is 6.18 Å². The summed E-state index contributed by atoms with van der Waals surface area (Å²) in [4.78, 5) is 37.1. The first-order chi connectivity index (χ1) is 16.2. The molecule has 178 valence electrons. The van der Waals surface area contributed by atoms with E-state index in [4.69, 9.17) is 5.26 Å². The number of nitrogens with one attached hydrogen (secondary N) is 1. The van der Waals surface area contributed by atoms with Crippen LogP contribution in [0.25, 0.3) is 0 Å². The molecule has 2 aliphatic rings. The van der Waals surface area contributed by atoms with Gasteiger partial charge in [-0.1, -0.05) is 0 Å². The van der Waals surface area contributed by atoms with Crippen LogP contribution in [0.3, 0.4) is 0 Å². The Balaban J connectivity index is 1.55. The number of hydrogen-bond acceptors (Lipinski definition) is 6. The van der Waals surface area contributed by atoms with Crippen LogP contribution < -0.4 is 10.2 Å². The van der Waals surface area contributed by atoms with Crippen molar-refractivity contribution in [1.82, 2.24) is 20.2 Å². The Morgan fingerprint density at radius 2 is 1.88 bits per heavy atom. The molecule has 0 radical (unpaired) electrons. The maximum absolute atomic E-state index is 13.4. The highest BCUT2D eigenvalue weighted by Crippen LogP contribution is 2.46. The van der Waals surface area contributed by atoms with Crippen LogP contribution in [0.1, 0.15) is 34.6 Å². The molecule has 0 saturated carbocycles. The number of halogens is 3. The predicted molar refractivity (Wildman–Crippen MR) is 116 cm³/mol. The monoisotopic (exact) mass is 472 g/mol. The van der Waals surface area contributed by atoms with Gasteiger partial charge in [0.05, 0.1) is 23.1 Å². The Labute approximate surface area is 194 Å². The van der Waals surface area contributed by atoms with Gasteiger partial charge < -0.3 is 15.1 Å². The highest BCUT2D eigenvalue weighted by molar-refractivity contribution is 5.91. The SMILES string of the molecule is CNC(=O)C1CN(C(=O)c2ncccn2)CC12CCN(c1ccc(C#N)c(C(F)(F)F)c1)CC2. The number of likely N-dealkylation sites (tertiary alicyclic amines) is 1. The van der Waals surface area contributed by atoms with Crippen LogP contribution in [0.5, 0.6) is 0 Å². The van der Waals surface area contributed by atoms with Crippen molar-refractivity contribution in [2.24, 2.45) is 11.3 Å². The number of benzene rings is 1. The molecule has 2 saturated heterocycles. The van der Waals surface area contributed by atoms with Crippen molar-refractivity contribution in [3.05, 3.63) is 53.6 Å². The molecule has 2 fully saturated rings. The van der Waals surface area contributed by atoms with Gasteiger partial charge in [-0.15, -0.1) is 0 Å². The van der Waals surface area contributed by atoms with Gasteiger partial charge in [0.25, 0.3) is 5.91 Å². The largest absolute Gasteiger partial charge is 0.417 e. The van der Waals surface area contributed by atoms with E-state index in [-0.39, 0.29) is 24.2 Å². The lowest BCUT2D eigenvalue weighted by Gasteiger charge is -2.42. The van der Waals surface area contributed by atoms with E-state index in [2.05, 4.69) is 15.3 Å². The molecular weight excluding hydrogens is 449 g/mol. The predicted octanol–water partition coefficient (Wildman–Crippen LogP) is 2.47.